The van der Waals surface area contributed by atoms with Crippen molar-refractivity contribution in [2.24, 2.45) is 0 Å². The molecule has 3 N–H and O–H groups in total. The zero-order valence-electron chi connectivity index (χ0n) is 17.1. The Kier molecular flexibility index (Phi) is 6.11. The van der Waals surface area contributed by atoms with Gasteiger partial charge in [-0.05, 0) is 63.1 Å². The summed E-state index contributed by atoms with van der Waals surface area (Å²) in [6.45, 7) is 8.62. The molecular formula is C21H26N6O2. The van der Waals surface area contributed by atoms with E-state index in [0.29, 0.717) is 24.2 Å². The summed E-state index contributed by atoms with van der Waals surface area (Å²) in [6.07, 6.45) is 0. The van der Waals surface area contributed by atoms with Gasteiger partial charge in [0.2, 0.25) is 0 Å². The average Bonchev–Trinajstić information content (AvgIpc) is 3.06. The van der Waals surface area contributed by atoms with Gasteiger partial charge >= 0.3 is 6.03 Å². The number of urea groups is 1. The van der Waals surface area contributed by atoms with Crippen LogP contribution in [0, 0.1) is 13.8 Å². The van der Waals surface area contributed by atoms with Crippen molar-refractivity contribution in [3.63, 3.8) is 0 Å². The number of rotatable bonds is 6. The van der Waals surface area contributed by atoms with E-state index in [9.17, 15) is 9.59 Å². The Morgan fingerprint density at radius 2 is 1.90 bits per heavy atom. The van der Waals surface area contributed by atoms with Crippen molar-refractivity contribution in [3.05, 3.63) is 53.1 Å². The molecule has 3 rings (SSSR count). The van der Waals surface area contributed by atoms with Crippen LogP contribution in [0.4, 0.5) is 10.5 Å². The molecule has 0 unspecified atom stereocenters. The van der Waals surface area contributed by atoms with E-state index >= 15 is 0 Å². The minimum Gasteiger partial charge on any atom is -0.350 e. The van der Waals surface area contributed by atoms with E-state index in [-0.39, 0.29) is 18.0 Å². The molecule has 3 aromatic rings. The predicted molar refractivity (Wildman–Crippen MR) is 113 cm³/mol. The molecule has 8 nitrogen and oxygen atoms in total. The highest BCUT2D eigenvalue weighted by Crippen LogP contribution is 2.16. The van der Waals surface area contributed by atoms with Crippen molar-refractivity contribution >= 4 is 28.7 Å². The lowest BCUT2D eigenvalue weighted by Gasteiger charge is -2.11. The predicted octanol–water partition coefficient (Wildman–Crippen LogP) is 3.01. The lowest BCUT2D eigenvalue weighted by atomic mass is 10.1. The molecule has 1 aromatic heterocycles. The first-order valence-electron chi connectivity index (χ1n) is 9.59. The summed E-state index contributed by atoms with van der Waals surface area (Å²) in [5.74, 6) is -0.138. The summed E-state index contributed by atoms with van der Waals surface area (Å²) in [7, 11) is 0. The SMILES string of the molecule is Cc1ccc(C)c(NC(=O)NCCn2nnc3cc(C(=O)NC(C)C)ccc32)c1. The molecule has 0 atom stereocenters. The van der Waals surface area contributed by atoms with Crippen LogP contribution in [0.3, 0.4) is 0 Å². The third kappa shape index (κ3) is 5.10. The third-order valence-corrected chi connectivity index (χ3v) is 4.45. The summed E-state index contributed by atoms with van der Waals surface area (Å²) in [6, 6.07) is 11.0. The Labute approximate surface area is 169 Å². The van der Waals surface area contributed by atoms with Crippen molar-refractivity contribution < 1.29 is 9.59 Å². The van der Waals surface area contributed by atoms with E-state index in [2.05, 4.69) is 26.3 Å². The lowest BCUT2D eigenvalue weighted by molar-refractivity contribution is 0.0943. The quantitative estimate of drug-likeness (QED) is 0.598. The Morgan fingerprint density at radius 1 is 1.10 bits per heavy atom. The molecule has 0 radical (unpaired) electrons. The summed E-state index contributed by atoms with van der Waals surface area (Å²) >= 11 is 0. The largest absolute Gasteiger partial charge is 0.350 e. The fraction of sp³-hybridized carbons (Fsp3) is 0.333. The van der Waals surface area contributed by atoms with Gasteiger partial charge < -0.3 is 16.0 Å². The zero-order chi connectivity index (χ0) is 21.0. The van der Waals surface area contributed by atoms with Gasteiger partial charge in [-0.15, -0.1) is 5.10 Å². The number of anilines is 1. The maximum atomic E-state index is 12.2. The number of hydrogen-bond acceptors (Lipinski definition) is 4. The van der Waals surface area contributed by atoms with Gasteiger partial charge in [-0.25, -0.2) is 9.48 Å². The molecule has 1 heterocycles. The fourth-order valence-electron chi connectivity index (χ4n) is 2.94. The van der Waals surface area contributed by atoms with Crippen LogP contribution in [-0.4, -0.2) is 39.5 Å². The minimum atomic E-state index is -0.268. The van der Waals surface area contributed by atoms with E-state index < -0.39 is 0 Å². The highest BCUT2D eigenvalue weighted by Gasteiger charge is 2.11. The van der Waals surface area contributed by atoms with E-state index in [1.807, 2.05) is 52.0 Å². The summed E-state index contributed by atoms with van der Waals surface area (Å²) in [4.78, 5) is 24.3. The number of carbonyl (C=O) groups excluding carboxylic acids is 2. The minimum absolute atomic E-state index is 0.0645. The molecule has 0 fully saturated rings. The van der Waals surface area contributed by atoms with Crippen LogP contribution in [0.25, 0.3) is 11.0 Å². The van der Waals surface area contributed by atoms with Crippen LogP contribution in [0.5, 0.6) is 0 Å². The van der Waals surface area contributed by atoms with E-state index in [0.717, 1.165) is 22.3 Å². The van der Waals surface area contributed by atoms with Crippen molar-refractivity contribution in [2.45, 2.75) is 40.3 Å². The second kappa shape index (κ2) is 8.72. The molecule has 2 aromatic carbocycles. The molecule has 3 amide bonds. The van der Waals surface area contributed by atoms with Crippen LogP contribution in [0.2, 0.25) is 0 Å². The van der Waals surface area contributed by atoms with Gasteiger partial charge in [-0.2, -0.15) is 0 Å². The number of amides is 3. The summed E-state index contributed by atoms with van der Waals surface area (Å²) in [5.41, 5.74) is 4.88. The fourth-order valence-corrected chi connectivity index (χ4v) is 2.94. The highest BCUT2D eigenvalue weighted by atomic mass is 16.2. The standard InChI is InChI=1S/C21H26N6O2/c1-13(2)23-20(28)16-7-8-19-18(12-16)25-26-27(19)10-9-22-21(29)24-17-11-14(3)5-6-15(17)4/h5-8,11-13H,9-10H2,1-4H3,(H,23,28)(H2,22,24,29). The third-order valence-electron chi connectivity index (χ3n) is 4.45. The molecule has 0 bridgehead atoms. The second-order valence-corrected chi connectivity index (χ2v) is 7.34. The van der Waals surface area contributed by atoms with Gasteiger partial charge in [0.15, 0.2) is 0 Å². The Hall–Kier alpha value is -3.42. The van der Waals surface area contributed by atoms with Crippen molar-refractivity contribution in [3.8, 4) is 0 Å². The molecule has 8 heteroatoms. The molecule has 0 aliphatic carbocycles. The normalized spacial score (nSPS) is 10.9. The van der Waals surface area contributed by atoms with Gasteiger partial charge in [0.1, 0.15) is 5.52 Å². The summed E-state index contributed by atoms with van der Waals surface area (Å²) in [5, 5.41) is 16.8. The molecule has 152 valence electrons. The van der Waals surface area contributed by atoms with Crippen LogP contribution in [-0.2, 0) is 6.54 Å². The number of carbonyl (C=O) groups is 2. The first kappa shape index (κ1) is 20.3. The zero-order valence-corrected chi connectivity index (χ0v) is 17.1. The smallest absolute Gasteiger partial charge is 0.319 e. The monoisotopic (exact) mass is 394 g/mol. The first-order chi connectivity index (χ1) is 13.8. The second-order valence-electron chi connectivity index (χ2n) is 7.34. The molecule has 0 saturated carbocycles. The number of nitrogens with one attached hydrogen (secondary N) is 3. The number of benzene rings is 2. The van der Waals surface area contributed by atoms with Crippen LogP contribution in [0.1, 0.15) is 35.3 Å². The Balaban J connectivity index is 1.58. The van der Waals surface area contributed by atoms with Gasteiger partial charge in [-0.1, -0.05) is 17.3 Å². The molecule has 0 saturated heterocycles. The number of nitrogens with zero attached hydrogens (tertiary/aromatic N) is 3. The van der Waals surface area contributed by atoms with Gasteiger partial charge in [-0.3, -0.25) is 4.79 Å². The van der Waals surface area contributed by atoms with Crippen LogP contribution < -0.4 is 16.0 Å². The van der Waals surface area contributed by atoms with E-state index in [1.54, 1.807) is 16.8 Å². The van der Waals surface area contributed by atoms with E-state index in [1.165, 1.54) is 0 Å². The molecule has 0 aliphatic heterocycles. The van der Waals surface area contributed by atoms with Gasteiger partial charge in [0.25, 0.3) is 5.91 Å². The van der Waals surface area contributed by atoms with Gasteiger partial charge in [0.05, 0.1) is 12.1 Å². The number of aromatic nitrogens is 3. The molecular weight excluding hydrogens is 368 g/mol. The van der Waals surface area contributed by atoms with Gasteiger partial charge in [0, 0.05) is 23.8 Å². The molecule has 0 aliphatic rings. The van der Waals surface area contributed by atoms with Crippen molar-refractivity contribution in [2.75, 3.05) is 11.9 Å². The number of hydrogen-bond donors (Lipinski definition) is 3. The topological polar surface area (TPSA) is 101 Å². The molecule has 0 spiro atoms. The van der Waals surface area contributed by atoms with Crippen LogP contribution >= 0.6 is 0 Å². The highest BCUT2D eigenvalue weighted by molar-refractivity contribution is 5.97. The maximum absolute atomic E-state index is 12.2. The summed E-state index contributed by atoms with van der Waals surface area (Å²) < 4.78 is 1.71. The average molecular weight is 394 g/mol. The number of aryl methyl sites for hydroxylation is 2. The van der Waals surface area contributed by atoms with Crippen molar-refractivity contribution in [1.82, 2.24) is 25.6 Å². The Morgan fingerprint density at radius 3 is 2.66 bits per heavy atom. The Bertz CT molecular complexity index is 1040. The van der Waals surface area contributed by atoms with Crippen LogP contribution in [0.15, 0.2) is 36.4 Å². The molecule has 29 heavy (non-hydrogen) atoms. The maximum Gasteiger partial charge on any atom is 0.319 e. The number of fused-ring (bicyclic) bond motifs is 1. The van der Waals surface area contributed by atoms with Crippen molar-refractivity contribution in [1.29, 1.82) is 0 Å². The first-order valence-corrected chi connectivity index (χ1v) is 9.59. The lowest BCUT2D eigenvalue weighted by Crippen LogP contribution is -2.32. The van der Waals surface area contributed by atoms with E-state index in [4.69, 9.17) is 0 Å².